The predicted octanol–water partition coefficient (Wildman–Crippen LogP) is 7.83. The zero-order valence-electron chi connectivity index (χ0n) is 17.3. The van der Waals surface area contributed by atoms with Gasteiger partial charge in [-0.05, 0) is 55.8 Å². The lowest BCUT2D eigenvalue weighted by Crippen LogP contribution is -2.13. The van der Waals surface area contributed by atoms with Crippen LogP contribution in [0.4, 0.5) is 20.3 Å². The second-order valence-corrected chi connectivity index (χ2v) is 7.82. The van der Waals surface area contributed by atoms with Gasteiger partial charge in [-0.25, -0.2) is 8.78 Å². The van der Waals surface area contributed by atoms with Gasteiger partial charge in [-0.2, -0.15) is 0 Å². The maximum atomic E-state index is 14.4. The molecule has 4 heteroatoms. The number of rotatable bonds is 5. The summed E-state index contributed by atoms with van der Waals surface area (Å²) in [5.41, 5.74) is 5.32. The van der Waals surface area contributed by atoms with Gasteiger partial charge >= 0.3 is 0 Å². The SMILES string of the molecule is C=C(C)c1ccc2c(c1)cc(Nc1ccc(C)cc1)n2-c1ccccc1C(C)(F)F. The van der Waals surface area contributed by atoms with E-state index in [0.29, 0.717) is 5.69 Å². The molecular formula is C26H24F2N2. The van der Waals surface area contributed by atoms with E-state index in [-0.39, 0.29) is 5.56 Å². The van der Waals surface area contributed by atoms with Crippen molar-refractivity contribution in [3.8, 4) is 5.69 Å². The number of nitrogens with one attached hydrogen (secondary N) is 1. The summed E-state index contributed by atoms with van der Waals surface area (Å²) >= 11 is 0. The number of aryl methyl sites for hydroxylation is 1. The number of hydrogen-bond donors (Lipinski definition) is 1. The maximum Gasteiger partial charge on any atom is 0.272 e. The number of hydrogen-bond acceptors (Lipinski definition) is 1. The van der Waals surface area contributed by atoms with Crippen molar-refractivity contribution >= 4 is 28.0 Å². The van der Waals surface area contributed by atoms with E-state index in [9.17, 15) is 8.78 Å². The lowest BCUT2D eigenvalue weighted by molar-refractivity contribution is 0.0175. The third-order valence-corrected chi connectivity index (χ3v) is 5.24. The molecule has 1 aromatic heterocycles. The third-order valence-electron chi connectivity index (χ3n) is 5.24. The summed E-state index contributed by atoms with van der Waals surface area (Å²) in [5.74, 6) is -2.24. The summed E-state index contributed by atoms with van der Waals surface area (Å²) in [6, 6.07) is 22.6. The van der Waals surface area contributed by atoms with Crippen LogP contribution in [0.2, 0.25) is 0 Å². The van der Waals surface area contributed by atoms with E-state index >= 15 is 0 Å². The number of para-hydroxylation sites is 1. The molecule has 0 aliphatic heterocycles. The van der Waals surface area contributed by atoms with E-state index in [1.165, 1.54) is 6.07 Å². The molecular weight excluding hydrogens is 378 g/mol. The largest absolute Gasteiger partial charge is 0.341 e. The molecule has 4 rings (SSSR count). The van der Waals surface area contributed by atoms with Gasteiger partial charge in [0.25, 0.3) is 5.92 Å². The van der Waals surface area contributed by atoms with Crippen LogP contribution < -0.4 is 5.32 Å². The summed E-state index contributed by atoms with van der Waals surface area (Å²) < 4.78 is 30.7. The summed E-state index contributed by atoms with van der Waals surface area (Å²) in [6.07, 6.45) is 0. The van der Waals surface area contributed by atoms with E-state index < -0.39 is 5.92 Å². The van der Waals surface area contributed by atoms with Crippen LogP contribution in [-0.4, -0.2) is 4.57 Å². The molecule has 0 aliphatic carbocycles. The Bertz CT molecular complexity index is 1230. The van der Waals surface area contributed by atoms with Crippen molar-refractivity contribution in [1.29, 1.82) is 0 Å². The molecule has 30 heavy (non-hydrogen) atoms. The lowest BCUT2D eigenvalue weighted by Gasteiger charge is -2.20. The highest BCUT2D eigenvalue weighted by molar-refractivity contribution is 5.91. The number of benzene rings is 3. The smallest absolute Gasteiger partial charge is 0.272 e. The van der Waals surface area contributed by atoms with Gasteiger partial charge < -0.3 is 5.32 Å². The topological polar surface area (TPSA) is 17.0 Å². The van der Waals surface area contributed by atoms with Crippen LogP contribution in [0.5, 0.6) is 0 Å². The molecule has 0 spiro atoms. The van der Waals surface area contributed by atoms with Gasteiger partial charge in [-0.3, -0.25) is 4.57 Å². The number of aromatic nitrogens is 1. The lowest BCUT2D eigenvalue weighted by atomic mass is 10.1. The first-order valence-corrected chi connectivity index (χ1v) is 9.87. The van der Waals surface area contributed by atoms with Crippen molar-refractivity contribution in [2.24, 2.45) is 0 Å². The average molecular weight is 402 g/mol. The van der Waals surface area contributed by atoms with Crippen molar-refractivity contribution in [3.63, 3.8) is 0 Å². The second-order valence-electron chi connectivity index (χ2n) is 7.82. The number of anilines is 2. The number of alkyl halides is 2. The van der Waals surface area contributed by atoms with Crippen LogP contribution >= 0.6 is 0 Å². The normalized spacial score (nSPS) is 11.6. The Balaban J connectivity index is 1.97. The van der Waals surface area contributed by atoms with Crippen molar-refractivity contribution in [2.75, 3.05) is 5.32 Å². The third kappa shape index (κ3) is 3.73. The fourth-order valence-corrected chi connectivity index (χ4v) is 3.66. The summed E-state index contributed by atoms with van der Waals surface area (Å²) in [5, 5.41) is 4.37. The first-order valence-electron chi connectivity index (χ1n) is 9.87. The Kier molecular flexibility index (Phi) is 4.94. The van der Waals surface area contributed by atoms with Crippen LogP contribution in [0.3, 0.4) is 0 Å². The fraction of sp³-hybridized carbons (Fsp3) is 0.154. The molecule has 0 bridgehead atoms. The van der Waals surface area contributed by atoms with E-state index in [1.54, 1.807) is 18.2 Å². The highest BCUT2D eigenvalue weighted by atomic mass is 19.3. The molecule has 0 saturated carbocycles. The predicted molar refractivity (Wildman–Crippen MR) is 122 cm³/mol. The van der Waals surface area contributed by atoms with Gasteiger partial charge in [0.15, 0.2) is 0 Å². The molecule has 2 nitrogen and oxygen atoms in total. The average Bonchev–Trinajstić information content (AvgIpc) is 3.06. The molecule has 0 unspecified atom stereocenters. The summed E-state index contributed by atoms with van der Waals surface area (Å²) in [4.78, 5) is 0. The van der Waals surface area contributed by atoms with Crippen molar-refractivity contribution in [2.45, 2.75) is 26.7 Å². The molecule has 0 aliphatic rings. The molecule has 3 aromatic carbocycles. The van der Waals surface area contributed by atoms with Gasteiger partial charge in [0, 0.05) is 23.6 Å². The second kappa shape index (κ2) is 7.45. The molecule has 0 saturated heterocycles. The van der Waals surface area contributed by atoms with Gasteiger partial charge in [0.2, 0.25) is 0 Å². The van der Waals surface area contributed by atoms with Gasteiger partial charge in [-0.1, -0.05) is 54.1 Å². The first-order chi connectivity index (χ1) is 14.2. The Morgan fingerprint density at radius 3 is 2.33 bits per heavy atom. The molecule has 0 amide bonds. The van der Waals surface area contributed by atoms with Crippen LogP contribution in [-0.2, 0) is 5.92 Å². The Labute approximate surface area is 175 Å². The van der Waals surface area contributed by atoms with E-state index in [4.69, 9.17) is 0 Å². The number of halogens is 2. The Morgan fingerprint density at radius 2 is 1.67 bits per heavy atom. The van der Waals surface area contributed by atoms with Crippen LogP contribution in [0, 0.1) is 6.92 Å². The van der Waals surface area contributed by atoms with E-state index in [1.807, 2.05) is 66.9 Å². The zero-order valence-corrected chi connectivity index (χ0v) is 17.3. The molecule has 4 aromatic rings. The zero-order chi connectivity index (χ0) is 21.5. The van der Waals surface area contributed by atoms with Gasteiger partial charge in [0.05, 0.1) is 11.2 Å². The maximum absolute atomic E-state index is 14.4. The Morgan fingerprint density at radius 1 is 0.967 bits per heavy atom. The van der Waals surface area contributed by atoms with Crippen molar-refractivity contribution in [1.82, 2.24) is 4.57 Å². The summed E-state index contributed by atoms with van der Waals surface area (Å²) in [6.45, 7) is 8.94. The van der Waals surface area contributed by atoms with Crippen LogP contribution in [0.25, 0.3) is 22.2 Å². The number of fused-ring (bicyclic) bond motifs is 1. The van der Waals surface area contributed by atoms with E-state index in [0.717, 1.165) is 46.0 Å². The van der Waals surface area contributed by atoms with Crippen molar-refractivity contribution < 1.29 is 8.78 Å². The highest BCUT2D eigenvalue weighted by Gasteiger charge is 2.29. The minimum atomic E-state index is -2.97. The fourth-order valence-electron chi connectivity index (χ4n) is 3.66. The Hall–Kier alpha value is -3.40. The molecule has 0 atom stereocenters. The standard InChI is InChI=1S/C26H24F2N2/c1-17(2)19-11-14-23-20(15-19)16-25(29-21-12-9-18(3)10-13-21)30(23)24-8-6-5-7-22(24)26(4,27)28/h5-16,29H,1H2,2-4H3. The monoisotopic (exact) mass is 402 g/mol. The van der Waals surface area contributed by atoms with E-state index in [2.05, 4.69) is 11.9 Å². The molecule has 152 valence electrons. The minimum Gasteiger partial charge on any atom is -0.341 e. The molecule has 0 fully saturated rings. The van der Waals surface area contributed by atoms with Crippen molar-refractivity contribution in [3.05, 3.63) is 96.1 Å². The highest BCUT2D eigenvalue weighted by Crippen LogP contribution is 2.37. The van der Waals surface area contributed by atoms with Crippen LogP contribution in [0.1, 0.15) is 30.5 Å². The molecule has 1 heterocycles. The number of nitrogens with zero attached hydrogens (tertiary/aromatic N) is 1. The van der Waals surface area contributed by atoms with Gasteiger partial charge in [-0.15, -0.1) is 0 Å². The molecule has 1 N–H and O–H groups in total. The number of allylic oxidation sites excluding steroid dienone is 1. The van der Waals surface area contributed by atoms with Gasteiger partial charge in [0.1, 0.15) is 5.82 Å². The summed E-state index contributed by atoms with van der Waals surface area (Å²) in [7, 11) is 0. The molecule has 0 radical (unpaired) electrons. The quantitative estimate of drug-likeness (QED) is 0.360. The first kappa shape index (κ1) is 19.9. The minimum absolute atomic E-state index is 0.0153. The van der Waals surface area contributed by atoms with Crippen LogP contribution in [0.15, 0.2) is 79.4 Å².